The van der Waals surface area contributed by atoms with Crippen molar-refractivity contribution in [1.82, 2.24) is 5.32 Å². The number of halogens is 1. The fourth-order valence-electron chi connectivity index (χ4n) is 1.44. The van der Waals surface area contributed by atoms with Gasteiger partial charge in [0.15, 0.2) is 0 Å². The number of nitrogens with two attached hydrogens (primary N) is 1. The highest BCUT2D eigenvalue weighted by Crippen LogP contribution is 2.18. The second kappa shape index (κ2) is 6.17. The Bertz CT molecular complexity index is 451. The van der Waals surface area contributed by atoms with Gasteiger partial charge in [0.1, 0.15) is 0 Å². The highest BCUT2D eigenvalue weighted by molar-refractivity contribution is 6.31. The Kier molecular flexibility index (Phi) is 4.86. The summed E-state index contributed by atoms with van der Waals surface area (Å²) in [5.41, 5.74) is 6.52. The van der Waals surface area contributed by atoms with Crippen LogP contribution in [0.3, 0.4) is 0 Å². The van der Waals surface area contributed by atoms with Crippen LogP contribution >= 0.6 is 11.6 Å². The first-order chi connectivity index (χ1) is 8.08. The Morgan fingerprint density at radius 3 is 2.88 bits per heavy atom. The Labute approximate surface area is 106 Å². The summed E-state index contributed by atoms with van der Waals surface area (Å²) in [6.07, 6.45) is 6.52. The van der Waals surface area contributed by atoms with Crippen molar-refractivity contribution < 1.29 is 4.79 Å². The van der Waals surface area contributed by atoms with E-state index in [1.165, 1.54) is 0 Å². The largest absolute Gasteiger partial charge is 0.398 e. The molecule has 1 aromatic carbocycles. The molecule has 0 aliphatic heterocycles. The lowest BCUT2D eigenvalue weighted by molar-refractivity contribution is 0.0937. The Morgan fingerprint density at radius 2 is 2.35 bits per heavy atom. The quantitative estimate of drug-likeness (QED) is 0.637. The molecule has 1 rings (SSSR count). The molecule has 1 aromatic rings. The maximum atomic E-state index is 11.9. The van der Waals surface area contributed by atoms with E-state index >= 15 is 0 Å². The predicted octanol–water partition coefficient (Wildman–Crippen LogP) is 2.45. The van der Waals surface area contributed by atoms with Crippen molar-refractivity contribution in [3.63, 3.8) is 0 Å². The predicted molar refractivity (Wildman–Crippen MR) is 70.9 cm³/mol. The van der Waals surface area contributed by atoms with Crippen LogP contribution in [0.1, 0.15) is 30.1 Å². The van der Waals surface area contributed by atoms with Crippen molar-refractivity contribution in [3.05, 3.63) is 28.8 Å². The monoisotopic (exact) mass is 250 g/mol. The van der Waals surface area contributed by atoms with Gasteiger partial charge in [0.05, 0.1) is 5.56 Å². The molecule has 3 N–H and O–H groups in total. The van der Waals surface area contributed by atoms with Crippen molar-refractivity contribution in [2.24, 2.45) is 0 Å². The van der Waals surface area contributed by atoms with Gasteiger partial charge in [-0.1, -0.05) is 18.5 Å². The SMILES string of the molecule is C#CCC(CC)NC(=O)c1ccc(Cl)cc1N. The van der Waals surface area contributed by atoms with Crippen LogP contribution in [-0.2, 0) is 0 Å². The van der Waals surface area contributed by atoms with Crippen LogP contribution in [0.2, 0.25) is 5.02 Å². The van der Waals surface area contributed by atoms with E-state index in [0.29, 0.717) is 22.7 Å². The maximum absolute atomic E-state index is 11.9. The summed E-state index contributed by atoms with van der Waals surface area (Å²) in [5, 5.41) is 3.35. The Balaban J connectivity index is 2.79. The summed E-state index contributed by atoms with van der Waals surface area (Å²) in [7, 11) is 0. The summed E-state index contributed by atoms with van der Waals surface area (Å²) < 4.78 is 0. The molecule has 0 spiro atoms. The zero-order valence-corrected chi connectivity index (χ0v) is 10.4. The number of nitrogens with one attached hydrogen (secondary N) is 1. The van der Waals surface area contributed by atoms with Gasteiger partial charge in [0.25, 0.3) is 5.91 Å². The van der Waals surface area contributed by atoms with Gasteiger partial charge in [0, 0.05) is 23.2 Å². The average Bonchev–Trinajstić information content (AvgIpc) is 2.28. The molecule has 1 unspecified atom stereocenters. The van der Waals surface area contributed by atoms with Crippen LogP contribution in [0.15, 0.2) is 18.2 Å². The highest BCUT2D eigenvalue weighted by atomic mass is 35.5. The molecular formula is C13H15ClN2O. The van der Waals surface area contributed by atoms with E-state index in [2.05, 4.69) is 11.2 Å². The number of benzene rings is 1. The van der Waals surface area contributed by atoms with E-state index in [0.717, 1.165) is 6.42 Å². The van der Waals surface area contributed by atoms with Crippen molar-refractivity contribution in [2.75, 3.05) is 5.73 Å². The smallest absolute Gasteiger partial charge is 0.253 e. The second-order valence-corrected chi connectivity index (χ2v) is 4.15. The number of terminal acetylenes is 1. The minimum absolute atomic E-state index is 0.0254. The lowest BCUT2D eigenvalue weighted by atomic mass is 10.1. The molecule has 0 aliphatic carbocycles. The summed E-state index contributed by atoms with van der Waals surface area (Å²) in [6, 6.07) is 4.77. The number of hydrogen-bond donors (Lipinski definition) is 2. The van der Waals surface area contributed by atoms with Crippen molar-refractivity contribution >= 4 is 23.2 Å². The van der Waals surface area contributed by atoms with E-state index < -0.39 is 0 Å². The van der Waals surface area contributed by atoms with Crippen molar-refractivity contribution in [3.8, 4) is 12.3 Å². The third-order valence-corrected chi connectivity index (χ3v) is 2.69. The molecule has 0 heterocycles. The molecule has 0 saturated heterocycles. The van der Waals surface area contributed by atoms with Gasteiger partial charge in [-0.05, 0) is 24.6 Å². The molecule has 1 atom stereocenters. The van der Waals surface area contributed by atoms with Gasteiger partial charge in [0.2, 0.25) is 0 Å². The third-order valence-electron chi connectivity index (χ3n) is 2.45. The minimum atomic E-state index is -0.221. The fraction of sp³-hybridized carbons (Fsp3) is 0.308. The number of amides is 1. The van der Waals surface area contributed by atoms with E-state index in [-0.39, 0.29) is 11.9 Å². The fourth-order valence-corrected chi connectivity index (χ4v) is 1.62. The standard InChI is InChI=1S/C13H15ClN2O/c1-3-5-10(4-2)16-13(17)11-7-6-9(14)8-12(11)15/h1,6-8,10H,4-5,15H2,2H3,(H,16,17). The number of carbonyl (C=O) groups excluding carboxylic acids is 1. The molecule has 0 radical (unpaired) electrons. The highest BCUT2D eigenvalue weighted by Gasteiger charge is 2.13. The molecule has 4 heteroatoms. The normalized spacial score (nSPS) is 11.6. The molecule has 17 heavy (non-hydrogen) atoms. The van der Waals surface area contributed by atoms with Crippen LogP contribution < -0.4 is 11.1 Å². The Morgan fingerprint density at radius 1 is 1.65 bits per heavy atom. The first-order valence-corrected chi connectivity index (χ1v) is 5.75. The maximum Gasteiger partial charge on any atom is 0.253 e. The van der Waals surface area contributed by atoms with E-state index in [4.69, 9.17) is 23.8 Å². The first kappa shape index (κ1) is 13.4. The number of nitrogen functional groups attached to an aromatic ring is 1. The summed E-state index contributed by atoms with van der Waals surface area (Å²) in [6.45, 7) is 1.97. The summed E-state index contributed by atoms with van der Waals surface area (Å²) in [5.74, 6) is 2.31. The molecule has 0 bridgehead atoms. The van der Waals surface area contributed by atoms with Gasteiger partial charge >= 0.3 is 0 Å². The van der Waals surface area contributed by atoms with Crippen LogP contribution in [0.4, 0.5) is 5.69 Å². The lowest BCUT2D eigenvalue weighted by Gasteiger charge is -2.15. The molecule has 0 fully saturated rings. The van der Waals surface area contributed by atoms with Gasteiger partial charge in [-0.3, -0.25) is 4.79 Å². The van der Waals surface area contributed by atoms with E-state index in [9.17, 15) is 4.79 Å². The molecule has 0 aromatic heterocycles. The van der Waals surface area contributed by atoms with Crippen molar-refractivity contribution in [2.45, 2.75) is 25.8 Å². The lowest BCUT2D eigenvalue weighted by Crippen LogP contribution is -2.34. The number of anilines is 1. The average molecular weight is 251 g/mol. The van der Waals surface area contributed by atoms with Crippen LogP contribution in [0, 0.1) is 12.3 Å². The summed E-state index contributed by atoms with van der Waals surface area (Å²) >= 11 is 5.77. The Hall–Kier alpha value is -1.66. The van der Waals surface area contributed by atoms with Crippen LogP contribution in [0.25, 0.3) is 0 Å². The zero-order chi connectivity index (χ0) is 12.8. The van der Waals surface area contributed by atoms with E-state index in [1.807, 2.05) is 6.92 Å². The second-order valence-electron chi connectivity index (χ2n) is 3.72. The minimum Gasteiger partial charge on any atom is -0.398 e. The summed E-state index contributed by atoms with van der Waals surface area (Å²) in [4.78, 5) is 11.9. The number of carbonyl (C=O) groups is 1. The molecule has 3 nitrogen and oxygen atoms in total. The number of hydrogen-bond acceptors (Lipinski definition) is 2. The molecule has 0 aliphatic rings. The van der Waals surface area contributed by atoms with E-state index in [1.54, 1.807) is 18.2 Å². The van der Waals surface area contributed by atoms with Gasteiger partial charge < -0.3 is 11.1 Å². The first-order valence-electron chi connectivity index (χ1n) is 5.37. The zero-order valence-electron chi connectivity index (χ0n) is 9.66. The van der Waals surface area contributed by atoms with Crippen molar-refractivity contribution in [1.29, 1.82) is 0 Å². The number of rotatable bonds is 4. The van der Waals surface area contributed by atoms with Gasteiger partial charge in [-0.15, -0.1) is 12.3 Å². The van der Waals surface area contributed by atoms with Gasteiger partial charge in [-0.25, -0.2) is 0 Å². The van der Waals surface area contributed by atoms with Crippen LogP contribution in [-0.4, -0.2) is 11.9 Å². The molecule has 90 valence electrons. The molecule has 0 saturated carbocycles. The topological polar surface area (TPSA) is 55.1 Å². The van der Waals surface area contributed by atoms with Crippen LogP contribution in [0.5, 0.6) is 0 Å². The van der Waals surface area contributed by atoms with Gasteiger partial charge in [-0.2, -0.15) is 0 Å². The molecular weight excluding hydrogens is 236 g/mol. The third kappa shape index (κ3) is 3.69. The molecule has 1 amide bonds.